The van der Waals surface area contributed by atoms with Gasteiger partial charge in [0.15, 0.2) is 0 Å². The molecule has 0 radical (unpaired) electrons. The lowest BCUT2D eigenvalue weighted by molar-refractivity contribution is 0.660. The first kappa shape index (κ1) is 32.3. The highest BCUT2D eigenvalue weighted by molar-refractivity contribution is 5.90. The van der Waals surface area contributed by atoms with Gasteiger partial charge in [-0.15, -0.1) is 0 Å². The first-order valence-corrected chi connectivity index (χ1v) is 18.3. The highest BCUT2D eigenvalue weighted by Crippen LogP contribution is 2.50. The Labute approximate surface area is 312 Å². The minimum atomic E-state index is -0.0621. The van der Waals surface area contributed by atoms with Crippen molar-refractivity contribution >= 4 is 57.0 Å². The van der Waals surface area contributed by atoms with Crippen molar-refractivity contribution in [3.05, 3.63) is 216 Å². The van der Waals surface area contributed by atoms with E-state index in [4.69, 9.17) is 0 Å². The molecule has 0 spiro atoms. The third-order valence-corrected chi connectivity index (χ3v) is 10.6. The van der Waals surface area contributed by atoms with Crippen LogP contribution in [0.2, 0.25) is 0 Å². The van der Waals surface area contributed by atoms with Gasteiger partial charge in [-0.1, -0.05) is 147 Å². The number of nitrogens with zero attached hydrogens (tertiary/aromatic N) is 2. The number of hydrogen-bond donors (Lipinski definition) is 0. The summed E-state index contributed by atoms with van der Waals surface area (Å²) in [5.41, 5.74) is 14.5. The summed E-state index contributed by atoms with van der Waals surface area (Å²) in [6.07, 6.45) is 4.38. The maximum atomic E-state index is 2.39. The molecule has 0 fully saturated rings. The van der Waals surface area contributed by atoms with Crippen LogP contribution in [-0.2, 0) is 5.41 Å². The van der Waals surface area contributed by atoms with Crippen molar-refractivity contribution in [3.8, 4) is 11.1 Å². The Balaban J connectivity index is 0.988. The number of anilines is 6. The average molecular weight is 681 g/mol. The predicted molar refractivity (Wildman–Crippen MR) is 226 cm³/mol. The summed E-state index contributed by atoms with van der Waals surface area (Å²) in [7, 11) is 0. The van der Waals surface area contributed by atoms with Crippen LogP contribution in [0.15, 0.2) is 194 Å². The van der Waals surface area contributed by atoms with Crippen molar-refractivity contribution in [2.24, 2.45) is 0 Å². The number of hydrogen-bond acceptors (Lipinski definition) is 2. The summed E-state index contributed by atoms with van der Waals surface area (Å²) >= 11 is 0. The second kappa shape index (κ2) is 13.5. The maximum Gasteiger partial charge on any atom is 0.0468 e. The molecule has 9 rings (SSSR count). The third kappa shape index (κ3) is 6.09. The minimum Gasteiger partial charge on any atom is -0.310 e. The van der Waals surface area contributed by atoms with Gasteiger partial charge >= 0.3 is 0 Å². The third-order valence-electron chi connectivity index (χ3n) is 10.6. The molecular formula is C51H40N2. The Morgan fingerprint density at radius 3 is 1.38 bits per heavy atom. The number of benzene rings is 8. The van der Waals surface area contributed by atoms with E-state index in [1.54, 1.807) is 0 Å². The zero-order chi connectivity index (χ0) is 35.8. The fourth-order valence-electron chi connectivity index (χ4n) is 7.86. The molecule has 0 aliphatic heterocycles. The van der Waals surface area contributed by atoms with Crippen LogP contribution < -0.4 is 9.80 Å². The van der Waals surface area contributed by atoms with Crippen LogP contribution in [0, 0.1) is 0 Å². The van der Waals surface area contributed by atoms with Gasteiger partial charge in [-0.3, -0.25) is 0 Å². The molecule has 0 aromatic heterocycles. The summed E-state index contributed by atoms with van der Waals surface area (Å²) in [5, 5.41) is 2.47. The van der Waals surface area contributed by atoms with E-state index in [2.05, 4.69) is 230 Å². The standard InChI is InChI=1S/C51H40N2/c1-51(2)49-20-12-11-19-47(49)48-34-33-46(36-50(48)51)53(42-17-7-4-8-18-42)44-30-25-38(26-31-44)22-21-37-23-28-43(29-24-37)52(41-15-5-3-6-16-41)45-32-27-39-13-9-10-14-40(39)35-45/h3-36H,1-2H3. The molecule has 2 heteroatoms. The quantitative estimate of drug-likeness (QED) is 0.147. The van der Waals surface area contributed by atoms with Crippen LogP contribution >= 0.6 is 0 Å². The molecule has 0 atom stereocenters. The monoisotopic (exact) mass is 680 g/mol. The number of rotatable bonds is 8. The normalized spacial score (nSPS) is 12.8. The molecule has 53 heavy (non-hydrogen) atoms. The van der Waals surface area contributed by atoms with Gasteiger partial charge < -0.3 is 9.80 Å². The summed E-state index contributed by atoms with van der Waals surface area (Å²) in [6, 6.07) is 69.9. The van der Waals surface area contributed by atoms with Gasteiger partial charge in [0, 0.05) is 39.5 Å². The zero-order valence-corrected chi connectivity index (χ0v) is 30.0. The molecule has 0 bridgehead atoms. The van der Waals surface area contributed by atoms with Crippen molar-refractivity contribution in [1.82, 2.24) is 0 Å². The summed E-state index contributed by atoms with van der Waals surface area (Å²) in [6.45, 7) is 4.68. The second-order valence-electron chi connectivity index (χ2n) is 14.3. The molecule has 0 saturated heterocycles. The Morgan fingerprint density at radius 2 is 0.774 bits per heavy atom. The van der Waals surface area contributed by atoms with Gasteiger partial charge in [0.1, 0.15) is 0 Å². The van der Waals surface area contributed by atoms with E-state index >= 15 is 0 Å². The molecule has 1 aliphatic carbocycles. The minimum absolute atomic E-state index is 0.0621. The topological polar surface area (TPSA) is 6.48 Å². The second-order valence-corrected chi connectivity index (χ2v) is 14.3. The van der Waals surface area contributed by atoms with E-state index in [0.717, 1.165) is 45.3 Å². The molecule has 2 nitrogen and oxygen atoms in total. The Hall–Kier alpha value is -6.64. The highest BCUT2D eigenvalue weighted by Gasteiger charge is 2.35. The Bertz CT molecular complexity index is 2570. The van der Waals surface area contributed by atoms with Crippen LogP contribution in [-0.4, -0.2) is 0 Å². The van der Waals surface area contributed by atoms with Crippen LogP contribution in [0.3, 0.4) is 0 Å². The maximum absolute atomic E-state index is 2.39. The van der Waals surface area contributed by atoms with Gasteiger partial charge in [0.25, 0.3) is 0 Å². The highest BCUT2D eigenvalue weighted by atomic mass is 15.1. The molecule has 0 saturated carbocycles. The van der Waals surface area contributed by atoms with Crippen molar-refractivity contribution in [2.45, 2.75) is 19.3 Å². The molecule has 8 aromatic carbocycles. The molecule has 8 aromatic rings. The van der Waals surface area contributed by atoms with Crippen molar-refractivity contribution in [1.29, 1.82) is 0 Å². The predicted octanol–water partition coefficient (Wildman–Crippen LogP) is 14.3. The van der Waals surface area contributed by atoms with E-state index < -0.39 is 0 Å². The van der Waals surface area contributed by atoms with Gasteiger partial charge in [-0.25, -0.2) is 0 Å². The fourth-order valence-corrected chi connectivity index (χ4v) is 7.86. The SMILES string of the molecule is CC1(C)c2ccccc2-c2ccc(N(c3ccccc3)c3ccc(C=Cc4ccc(N(c5ccccc5)c5ccc6ccccc6c5)cc4)cc3)cc21. The lowest BCUT2D eigenvalue weighted by atomic mass is 9.82. The summed E-state index contributed by atoms with van der Waals surface area (Å²) < 4.78 is 0. The zero-order valence-electron chi connectivity index (χ0n) is 30.0. The van der Waals surface area contributed by atoms with Gasteiger partial charge in [0.05, 0.1) is 0 Å². The van der Waals surface area contributed by atoms with Crippen molar-refractivity contribution in [3.63, 3.8) is 0 Å². The molecule has 254 valence electrons. The van der Waals surface area contributed by atoms with Gasteiger partial charge in [-0.05, 0) is 117 Å². The molecule has 0 amide bonds. The van der Waals surface area contributed by atoms with E-state index in [1.807, 2.05) is 0 Å². The van der Waals surface area contributed by atoms with Crippen molar-refractivity contribution < 1.29 is 0 Å². The number of para-hydroxylation sites is 2. The Morgan fingerprint density at radius 1 is 0.340 bits per heavy atom. The summed E-state index contributed by atoms with van der Waals surface area (Å²) in [5.74, 6) is 0. The van der Waals surface area contributed by atoms with Crippen LogP contribution in [0.4, 0.5) is 34.1 Å². The molecule has 0 heterocycles. The fraction of sp³-hybridized carbons (Fsp3) is 0.0588. The van der Waals surface area contributed by atoms with E-state index in [-0.39, 0.29) is 5.41 Å². The smallest absolute Gasteiger partial charge is 0.0468 e. The molecular weight excluding hydrogens is 641 g/mol. The number of fused-ring (bicyclic) bond motifs is 4. The van der Waals surface area contributed by atoms with Gasteiger partial charge in [-0.2, -0.15) is 0 Å². The molecule has 0 unspecified atom stereocenters. The van der Waals surface area contributed by atoms with E-state index in [9.17, 15) is 0 Å². The van der Waals surface area contributed by atoms with Crippen LogP contribution in [0.5, 0.6) is 0 Å². The molecule has 1 aliphatic rings. The van der Waals surface area contributed by atoms with E-state index in [0.29, 0.717) is 0 Å². The lowest BCUT2D eigenvalue weighted by Gasteiger charge is -2.28. The lowest BCUT2D eigenvalue weighted by Crippen LogP contribution is -2.16. The van der Waals surface area contributed by atoms with Crippen molar-refractivity contribution in [2.75, 3.05) is 9.80 Å². The van der Waals surface area contributed by atoms with Crippen LogP contribution in [0.25, 0.3) is 34.1 Å². The Kier molecular flexibility index (Phi) is 8.21. The first-order chi connectivity index (χ1) is 26.0. The first-order valence-electron chi connectivity index (χ1n) is 18.3. The van der Waals surface area contributed by atoms with Gasteiger partial charge in [0.2, 0.25) is 0 Å². The van der Waals surface area contributed by atoms with E-state index in [1.165, 1.54) is 33.0 Å². The molecule has 0 N–H and O–H groups in total. The largest absolute Gasteiger partial charge is 0.310 e. The average Bonchev–Trinajstić information content (AvgIpc) is 3.44. The summed E-state index contributed by atoms with van der Waals surface area (Å²) in [4.78, 5) is 4.68. The van der Waals surface area contributed by atoms with Crippen LogP contribution in [0.1, 0.15) is 36.1 Å².